The summed E-state index contributed by atoms with van der Waals surface area (Å²) >= 11 is 0. The van der Waals surface area contributed by atoms with Crippen LogP contribution < -0.4 is 16.4 Å². The molecule has 0 radical (unpaired) electrons. The van der Waals surface area contributed by atoms with E-state index >= 15 is 0 Å². The van der Waals surface area contributed by atoms with Crippen molar-refractivity contribution in [3.05, 3.63) is 24.3 Å². The Morgan fingerprint density at radius 2 is 2.11 bits per heavy atom. The zero-order valence-corrected chi connectivity index (χ0v) is 11.4. The summed E-state index contributed by atoms with van der Waals surface area (Å²) < 4.78 is 0. The van der Waals surface area contributed by atoms with Crippen molar-refractivity contribution in [3.63, 3.8) is 0 Å². The normalized spacial score (nSPS) is 12.0. The minimum absolute atomic E-state index is 0.133. The van der Waals surface area contributed by atoms with E-state index in [1.807, 2.05) is 0 Å². The Hall–Kier alpha value is -2.08. The molecule has 0 spiro atoms. The number of carbonyl (C=O) groups excluding carboxylic acids is 2. The molecule has 1 unspecified atom stereocenters. The number of nitrogens with one attached hydrogen (secondary N) is 2. The first-order chi connectivity index (χ1) is 8.93. The third kappa shape index (κ3) is 4.59. The highest BCUT2D eigenvalue weighted by molar-refractivity contribution is 5.95. The molecule has 2 amide bonds. The van der Waals surface area contributed by atoms with Gasteiger partial charge in [0.1, 0.15) is 0 Å². The molecule has 0 aliphatic rings. The monoisotopic (exact) mass is 264 g/mol. The number of amides is 2. The van der Waals surface area contributed by atoms with Crippen LogP contribution in [0.2, 0.25) is 0 Å². The van der Waals surface area contributed by atoms with Crippen molar-refractivity contribution in [3.8, 4) is 0 Å². The smallest absolute Gasteiger partial charge is 0.241 e. The van der Waals surface area contributed by atoms with Crippen LogP contribution in [0.25, 0.3) is 0 Å². The molecule has 1 rings (SSSR count). The minimum atomic E-state index is -0.418. The number of hydrogen-bond acceptors (Lipinski definition) is 4. The highest BCUT2D eigenvalue weighted by Gasteiger charge is 2.19. The third-order valence-electron chi connectivity index (χ3n) is 2.87. The Bertz CT molecular complexity index is 462. The summed E-state index contributed by atoms with van der Waals surface area (Å²) in [5, 5.41) is 5.28. The lowest BCUT2D eigenvalue weighted by atomic mass is 10.2. The van der Waals surface area contributed by atoms with E-state index in [1.54, 1.807) is 50.2 Å². The number of nitrogens with zero attached hydrogens (tertiary/aromatic N) is 1. The van der Waals surface area contributed by atoms with Gasteiger partial charge in [0.05, 0.1) is 12.6 Å². The zero-order chi connectivity index (χ0) is 14.4. The highest BCUT2D eigenvalue weighted by Crippen LogP contribution is 2.12. The number of nitrogen functional groups attached to an aromatic ring is 1. The molecule has 0 saturated heterocycles. The average Bonchev–Trinajstić information content (AvgIpc) is 2.37. The van der Waals surface area contributed by atoms with Crippen LogP contribution in [0.3, 0.4) is 0 Å². The molecule has 4 N–H and O–H groups in total. The molecule has 0 heterocycles. The molecule has 19 heavy (non-hydrogen) atoms. The Morgan fingerprint density at radius 1 is 1.42 bits per heavy atom. The Morgan fingerprint density at radius 3 is 2.68 bits per heavy atom. The van der Waals surface area contributed by atoms with Gasteiger partial charge in [-0.3, -0.25) is 14.5 Å². The van der Waals surface area contributed by atoms with E-state index in [4.69, 9.17) is 5.73 Å². The van der Waals surface area contributed by atoms with Crippen molar-refractivity contribution >= 4 is 23.2 Å². The maximum absolute atomic E-state index is 12.0. The number of rotatable bonds is 5. The lowest BCUT2D eigenvalue weighted by molar-refractivity contribution is -0.124. The first-order valence-electron chi connectivity index (χ1n) is 6.01. The van der Waals surface area contributed by atoms with Crippen LogP contribution in [0, 0.1) is 0 Å². The van der Waals surface area contributed by atoms with Gasteiger partial charge in [-0.15, -0.1) is 0 Å². The van der Waals surface area contributed by atoms with Crippen molar-refractivity contribution in [2.45, 2.75) is 13.0 Å². The Labute approximate surface area is 113 Å². The van der Waals surface area contributed by atoms with Crippen molar-refractivity contribution < 1.29 is 9.59 Å². The zero-order valence-electron chi connectivity index (χ0n) is 11.4. The molecule has 0 aliphatic carbocycles. The fraction of sp³-hybridized carbons (Fsp3) is 0.385. The van der Waals surface area contributed by atoms with Gasteiger partial charge in [-0.05, 0) is 32.2 Å². The molecular weight excluding hydrogens is 244 g/mol. The van der Waals surface area contributed by atoms with Crippen molar-refractivity contribution in [1.82, 2.24) is 10.2 Å². The van der Waals surface area contributed by atoms with E-state index in [0.29, 0.717) is 11.4 Å². The topological polar surface area (TPSA) is 87.5 Å². The minimum Gasteiger partial charge on any atom is -0.399 e. The summed E-state index contributed by atoms with van der Waals surface area (Å²) in [6.07, 6.45) is 0. The second-order valence-corrected chi connectivity index (χ2v) is 4.38. The molecule has 1 aromatic carbocycles. The van der Waals surface area contributed by atoms with Gasteiger partial charge < -0.3 is 16.4 Å². The second-order valence-electron chi connectivity index (χ2n) is 4.38. The SMILES string of the molecule is CNC(=O)CN(C)C(C)C(=O)Nc1cccc(N)c1. The predicted octanol–water partition coefficient (Wildman–Crippen LogP) is 0.274. The van der Waals surface area contributed by atoms with Crippen LogP contribution in [0.5, 0.6) is 0 Å². The molecule has 0 aliphatic heterocycles. The Balaban J connectivity index is 2.59. The molecule has 0 bridgehead atoms. The lowest BCUT2D eigenvalue weighted by Crippen LogP contribution is -2.44. The van der Waals surface area contributed by atoms with Crippen molar-refractivity contribution in [1.29, 1.82) is 0 Å². The summed E-state index contributed by atoms with van der Waals surface area (Å²) in [7, 11) is 3.28. The van der Waals surface area contributed by atoms with Gasteiger partial charge in [0.15, 0.2) is 0 Å². The molecule has 6 heteroatoms. The maximum atomic E-state index is 12.0. The maximum Gasteiger partial charge on any atom is 0.241 e. The number of benzene rings is 1. The number of carbonyl (C=O) groups is 2. The molecule has 1 aromatic rings. The highest BCUT2D eigenvalue weighted by atomic mass is 16.2. The van der Waals surface area contributed by atoms with Crippen LogP contribution >= 0.6 is 0 Å². The Kier molecular flexibility index (Phi) is 5.32. The van der Waals surface area contributed by atoms with Crippen LogP contribution in [-0.2, 0) is 9.59 Å². The fourth-order valence-electron chi connectivity index (χ4n) is 1.51. The van der Waals surface area contributed by atoms with E-state index in [0.717, 1.165) is 0 Å². The summed E-state index contributed by atoms with van der Waals surface area (Å²) in [4.78, 5) is 24.9. The van der Waals surface area contributed by atoms with Crippen molar-refractivity contribution in [2.75, 3.05) is 31.7 Å². The largest absolute Gasteiger partial charge is 0.399 e. The van der Waals surface area contributed by atoms with Gasteiger partial charge in [-0.2, -0.15) is 0 Å². The van der Waals surface area contributed by atoms with Gasteiger partial charge in [0, 0.05) is 18.4 Å². The quantitative estimate of drug-likeness (QED) is 0.666. The van der Waals surface area contributed by atoms with E-state index in [9.17, 15) is 9.59 Å². The van der Waals surface area contributed by atoms with Gasteiger partial charge in [-0.1, -0.05) is 6.07 Å². The van der Waals surface area contributed by atoms with Crippen LogP contribution in [0.4, 0.5) is 11.4 Å². The first-order valence-corrected chi connectivity index (χ1v) is 6.01. The standard InChI is InChI=1S/C13H20N4O2/c1-9(17(3)8-12(18)15-2)13(19)16-11-6-4-5-10(14)7-11/h4-7,9H,8,14H2,1-3H3,(H,15,18)(H,16,19). The molecular formula is C13H20N4O2. The van der Waals surface area contributed by atoms with Gasteiger partial charge in [0.2, 0.25) is 11.8 Å². The van der Waals surface area contributed by atoms with Crippen LogP contribution in [0.1, 0.15) is 6.92 Å². The molecule has 1 atom stereocenters. The summed E-state index contributed by atoms with van der Waals surface area (Å²) in [6.45, 7) is 1.91. The van der Waals surface area contributed by atoms with Gasteiger partial charge >= 0.3 is 0 Å². The van der Waals surface area contributed by atoms with Crippen LogP contribution in [-0.4, -0.2) is 43.4 Å². The van der Waals surface area contributed by atoms with Crippen molar-refractivity contribution in [2.24, 2.45) is 0 Å². The summed E-state index contributed by atoms with van der Waals surface area (Å²) in [5.74, 6) is -0.317. The van der Waals surface area contributed by atoms with Gasteiger partial charge in [-0.25, -0.2) is 0 Å². The van der Waals surface area contributed by atoms with E-state index in [-0.39, 0.29) is 18.4 Å². The molecule has 0 aromatic heterocycles. The number of anilines is 2. The molecule has 104 valence electrons. The number of likely N-dealkylation sites (N-methyl/N-ethyl adjacent to an activating group) is 2. The van der Waals surface area contributed by atoms with E-state index in [1.165, 1.54) is 0 Å². The lowest BCUT2D eigenvalue weighted by Gasteiger charge is -2.23. The van der Waals surface area contributed by atoms with E-state index < -0.39 is 6.04 Å². The van der Waals surface area contributed by atoms with E-state index in [2.05, 4.69) is 10.6 Å². The van der Waals surface area contributed by atoms with Crippen LogP contribution in [0.15, 0.2) is 24.3 Å². The first kappa shape index (κ1) is 15.0. The fourth-order valence-corrected chi connectivity index (χ4v) is 1.51. The molecule has 0 saturated carbocycles. The summed E-state index contributed by atoms with van der Waals surface area (Å²) in [5.41, 5.74) is 6.87. The van der Waals surface area contributed by atoms with Gasteiger partial charge in [0.25, 0.3) is 0 Å². The third-order valence-corrected chi connectivity index (χ3v) is 2.87. The molecule has 6 nitrogen and oxygen atoms in total. The number of hydrogen-bond donors (Lipinski definition) is 3. The summed E-state index contributed by atoms with van der Waals surface area (Å²) in [6, 6.07) is 6.54. The average molecular weight is 264 g/mol. The second kappa shape index (κ2) is 6.75. The predicted molar refractivity (Wildman–Crippen MR) is 75.6 cm³/mol. The number of nitrogens with two attached hydrogens (primary N) is 1. The molecule has 0 fully saturated rings.